The predicted molar refractivity (Wildman–Crippen MR) is 101 cm³/mol. The molecule has 1 amide bonds. The van der Waals surface area contributed by atoms with Crippen molar-refractivity contribution in [3.63, 3.8) is 0 Å². The highest BCUT2D eigenvalue weighted by molar-refractivity contribution is 9.10. The van der Waals surface area contributed by atoms with Gasteiger partial charge in [0.25, 0.3) is 15.9 Å². The molecule has 3 rings (SSSR count). The number of nitrogens with zero attached hydrogens (tertiary/aromatic N) is 1. The van der Waals surface area contributed by atoms with E-state index in [1.807, 2.05) is 6.07 Å². The summed E-state index contributed by atoms with van der Waals surface area (Å²) in [6, 6.07) is 13.0. The van der Waals surface area contributed by atoms with Gasteiger partial charge in [-0.15, -0.1) is 11.3 Å². The summed E-state index contributed by atoms with van der Waals surface area (Å²) >= 11 is 4.51. The lowest BCUT2D eigenvalue weighted by Crippen LogP contribution is -2.14. The summed E-state index contributed by atoms with van der Waals surface area (Å²) in [6.07, 6.45) is 1.52. The standard InChI is InChI=1S/C16H12BrN3O3S2/c17-14-4-2-1-3-13(14)15(21)19-11-5-7-12(8-6-11)25(22,23)20-16-18-9-10-24-16/h1-10H,(H,18,20)(H,19,21). The number of nitrogens with one attached hydrogen (secondary N) is 2. The maximum atomic E-state index is 12.3. The van der Waals surface area contributed by atoms with E-state index in [0.29, 0.717) is 20.9 Å². The average Bonchev–Trinajstić information content (AvgIpc) is 3.08. The first-order valence-corrected chi connectivity index (χ1v) is 10.2. The van der Waals surface area contributed by atoms with Crippen molar-refractivity contribution >= 4 is 54.0 Å². The number of hydrogen-bond donors (Lipinski definition) is 2. The first-order chi connectivity index (χ1) is 12.0. The summed E-state index contributed by atoms with van der Waals surface area (Å²) in [4.78, 5) is 16.2. The number of carbonyl (C=O) groups excluding carboxylic acids is 1. The Morgan fingerprint density at radius 2 is 1.80 bits per heavy atom. The van der Waals surface area contributed by atoms with Gasteiger partial charge < -0.3 is 5.32 Å². The number of anilines is 2. The minimum atomic E-state index is -3.71. The summed E-state index contributed by atoms with van der Waals surface area (Å²) in [5.74, 6) is -0.288. The number of aromatic nitrogens is 1. The second kappa shape index (κ2) is 7.34. The SMILES string of the molecule is O=C(Nc1ccc(S(=O)(=O)Nc2nccs2)cc1)c1ccccc1Br. The van der Waals surface area contributed by atoms with Crippen LogP contribution in [-0.2, 0) is 10.0 Å². The molecule has 0 radical (unpaired) electrons. The predicted octanol–water partition coefficient (Wildman–Crippen LogP) is 3.96. The highest BCUT2D eigenvalue weighted by Gasteiger charge is 2.16. The van der Waals surface area contributed by atoms with Gasteiger partial charge in [0.05, 0.1) is 10.5 Å². The Kier molecular flexibility index (Phi) is 5.16. The smallest absolute Gasteiger partial charge is 0.263 e. The number of carbonyl (C=O) groups is 1. The number of amides is 1. The van der Waals surface area contributed by atoms with Crippen molar-refractivity contribution in [3.8, 4) is 0 Å². The van der Waals surface area contributed by atoms with E-state index in [2.05, 4.69) is 31.0 Å². The zero-order chi connectivity index (χ0) is 17.9. The molecule has 2 aromatic carbocycles. The Labute approximate surface area is 157 Å². The summed E-state index contributed by atoms with van der Waals surface area (Å²) < 4.78 is 27.6. The van der Waals surface area contributed by atoms with Crippen molar-refractivity contribution in [1.82, 2.24) is 4.98 Å². The molecule has 3 aromatic rings. The molecule has 0 bridgehead atoms. The number of sulfonamides is 1. The molecule has 1 heterocycles. The van der Waals surface area contributed by atoms with Crippen LogP contribution in [0.4, 0.5) is 10.8 Å². The van der Waals surface area contributed by atoms with Crippen LogP contribution in [0.25, 0.3) is 0 Å². The minimum absolute atomic E-state index is 0.0848. The average molecular weight is 438 g/mol. The van der Waals surface area contributed by atoms with Gasteiger partial charge in [-0.1, -0.05) is 12.1 Å². The fourth-order valence-electron chi connectivity index (χ4n) is 2.01. The van der Waals surface area contributed by atoms with Crippen molar-refractivity contribution in [3.05, 3.63) is 70.1 Å². The molecule has 0 spiro atoms. The summed E-state index contributed by atoms with van der Waals surface area (Å²) in [5, 5.41) is 4.71. The summed E-state index contributed by atoms with van der Waals surface area (Å²) in [6.45, 7) is 0. The lowest BCUT2D eigenvalue weighted by Gasteiger charge is -2.09. The number of thiazole rings is 1. The molecule has 25 heavy (non-hydrogen) atoms. The van der Waals surface area contributed by atoms with Crippen LogP contribution in [0.15, 0.2) is 69.5 Å². The van der Waals surface area contributed by atoms with Gasteiger partial charge in [-0.05, 0) is 52.3 Å². The van der Waals surface area contributed by atoms with Gasteiger partial charge in [-0.25, -0.2) is 13.4 Å². The quantitative estimate of drug-likeness (QED) is 0.631. The van der Waals surface area contributed by atoms with E-state index in [1.165, 1.54) is 41.8 Å². The van der Waals surface area contributed by atoms with E-state index >= 15 is 0 Å². The maximum Gasteiger partial charge on any atom is 0.263 e. The van der Waals surface area contributed by atoms with Crippen LogP contribution in [0.2, 0.25) is 0 Å². The first-order valence-electron chi connectivity index (χ1n) is 7.04. The third-order valence-corrected chi connectivity index (χ3v) is 6.06. The van der Waals surface area contributed by atoms with Crippen LogP contribution in [0.3, 0.4) is 0 Å². The maximum absolute atomic E-state index is 12.3. The van der Waals surface area contributed by atoms with E-state index in [0.717, 1.165) is 0 Å². The van der Waals surface area contributed by atoms with Crippen LogP contribution in [0, 0.1) is 0 Å². The number of benzene rings is 2. The van der Waals surface area contributed by atoms with Crippen molar-refractivity contribution in [2.75, 3.05) is 10.0 Å². The molecule has 0 saturated carbocycles. The van der Waals surface area contributed by atoms with E-state index < -0.39 is 10.0 Å². The number of hydrogen-bond acceptors (Lipinski definition) is 5. The zero-order valence-electron chi connectivity index (χ0n) is 12.6. The Morgan fingerprint density at radius 1 is 1.08 bits per heavy atom. The van der Waals surface area contributed by atoms with Crippen molar-refractivity contribution in [2.24, 2.45) is 0 Å². The molecule has 0 aliphatic rings. The molecule has 128 valence electrons. The first kappa shape index (κ1) is 17.6. The molecule has 0 unspecified atom stereocenters. The monoisotopic (exact) mass is 437 g/mol. The normalized spacial score (nSPS) is 11.1. The highest BCUT2D eigenvalue weighted by atomic mass is 79.9. The van der Waals surface area contributed by atoms with Crippen LogP contribution in [0.5, 0.6) is 0 Å². The lowest BCUT2D eigenvalue weighted by molar-refractivity contribution is 0.102. The molecule has 0 saturated heterocycles. The van der Waals surface area contributed by atoms with Gasteiger partial charge >= 0.3 is 0 Å². The second-order valence-corrected chi connectivity index (χ2v) is 8.33. The Morgan fingerprint density at radius 3 is 2.44 bits per heavy atom. The van der Waals surface area contributed by atoms with Crippen LogP contribution in [-0.4, -0.2) is 19.3 Å². The molecule has 0 aliphatic carbocycles. The van der Waals surface area contributed by atoms with E-state index in [-0.39, 0.29) is 10.8 Å². The van der Waals surface area contributed by atoms with Crippen LogP contribution < -0.4 is 10.0 Å². The van der Waals surface area contributed by atoms with Crippen molar-refractivity contribution in [2.45, 2.75) is 4.90 Å². The summed E-state index contributed by atoms with van der Waals surface area (Å²) in [5.41, 5.74) is 0.985. The van der Waals surface area contributed by atoms with Gasteiger partial charge in [0.15, 0.2) is 5.13 Å². The van der Waals surface area contributed by atoms with Gasteiger partial charge in [-0.3, -0.25) is 9.52 Å². The van der Waals surface area contributed by atoms with E-state index in [1.54, 1.807) is 23.6 Å². The molecule has 0 fully saturated rings. The highest BCUT2D eigenvalue weighted by Crippen LogP contribution is 2.21. The molecular formula is C16H12BrN3O3S2. The second-order valence-electron chi connectivity index (χ2n) is 4.90. The van der Waals surface area contributed by atoms with Gasteiger partial charge in [0.1, 0.15) is 0 Å². The third kappa shape index (κ3) is 4.25. The Hall–Kier alpha value is -2.23. The van der Waals surface area contributed by atoms with Gasteiger partial charge in [0.2, 0.25) is 0 Å². The largest absolute Gasteiger partial charge is 0.322 e. The van der Waals surface area contributed by atoms with Gasteiger partial charge in [0, 0.05) is 21.7 Å². The minimum Gasteiger partial charge on any atom is -0.322 e. The number of rotatable bonds is 5. The van der Waals surface area contributed by atoms with Crippen LogP contribution in [0.1, 0.15) is 10.4 Å². The number of halogens is 1. The fourth-order valence-corrected chi connectivity index (χ4v) is 4.26. The van der Waals surface area contributed by atoms with Crippen molar-refractivity contribution in [1.29, 1.82) is 0 Å². The van der Waals surface area contributed by atoms with Gasteiger partial charge in [-0.2, -0.15) is 0 Å². The third-order valence-electron chi connectivity index (χ3n) is 3.19. The molecule has 9 heteroatoms. The van der Waals surface area contributed by atoms with Crippen LogP contribution >= 0.6 is 27.3 Å². The Balaban J connectivity index is 1.74. The van der Waals surface area contributed by atoms with Crippen molar-refractivity contribution < 1.29 is 13.2 Å². The van der Waals surface area contributed by atoms with E-state index in [9.17, 15) is 13.2 Å². The lowest BCUT2D eigenvalue weighted by atomic mass is 10.2. The fraction of sp³-hybridized carbons (Fsp3) is 0. The molecule has 0 aliphatic heterocycles. The zero-order valence-corrected chi connectivity index (χ0v) is 15.9. The molecular weight excluding hydrogens is 426 g/mol. The molecule has 0 atom stereocenters. The van der Waals surface area contributed by atoms with E-state index in [4.69, 9.17) is 0 Å². The molecule has 1 aromatic heterocycles. The Bertz CT molecular complexity index is 988. The molecule has 6 nitrogen and oxygen atoms in total. The topological polar surface area (TPSA) is 88.2 Å². The summed E-state index contributed by atoms with van der Waals surface area (Å²) in [7, 11) is -3.71. The molecule has 2 N–H and O–H groups in total.